The largest absolute Gasteiger partial charge is 0.496 e. The average Bonchev–Trinajstić information content (AvgIpc) is 2.78. The quantitative estimate of drug-likeness (QED) is 0.802. The van der Waals surface area contributed by atoms with Crippen LogP contribution in [0.1, 0.15) is 47.1 Å². The summed E-state index contributed by atoms with van der Waals surface area (Å²) in [4.78, 5) is 26.1. The SMILES string of the molecule is COc1c(CC(C)(C)C)c2c(c3ccccc13)C(=O)N(N(C)C)C2=O. The second-order valence-corrected chi connectivity index (χ2v) is 7.81. The molecule has 0 spiro atoms. The normalized spacial score (nSPS) is 14.6. The Labute approximate surface area is 148 Å². The lowest BCUT2D eigenvalue weighted by molar-refractivity contribution is 0.0234. The highest BCUT2D eigenvalue weighted by molar-refractivity contribution is 6.27. The minimum absolute atomic E-state index is 0.0572. The van der Waals surface area contributed by atoms with Crippen LogP contribution >= 0.6 is 0 Å². The van der Waals surface area contributed by atoms with Crippen LogP contribution in [0.5, 0.6) is 5.75 Å². The van der Waals surface area contributed by atoms with E-state index in [1.165, 1.54) is 10.0 Å². The minimum atomic E-state index is -0.284. The van der Waals surface area contributed by atoms with Gasteiger partial charge in [0.1, 0.15) is 5.75 Å². The Balaban J connectivity index is 2.44. The lowest BCUT2D eigenvalue weighted by atomic mass is 9.83. The van der Waals surface area contributed by atoms with Crippen LogP contribution in [0.15, 0.2) is 24.3 Å². The third-order valence-corrected chi connectivity index (χ3v) is 4.39. The lowest BCUT2D eigenvalue weighted by Gasteiger charge is -2.23. The second kappa shape index (κ2) is 5.85. The maximum Gasteiger partial charge on any atom is 0.276 e. The van der Waals surface area contributed by atoms with E-state index in [2.05, 4.69) is 20.8 Å². The topological polar surface area (TPSA) is 49.9 Å². The van der Waals surface area contributed by atoms with Gasteiger partial charge in [-0.3, -0.25) is 9.59 Å². The Kier molecular flexibility index (Phi) is 4.07. The van der Waals surface area contributed by atoms with E-state index < -0.39 is 0 Å². The maximum absolute atomic E-state index is 13.1. The van der Waals surface area contributed by atoms with E-state index in [4.69, 9.17) is 4.74 Å². The number of methoxy groups -OCH3 is 1. The number of benzene rings is 2. The third-order valence-electron chi connectivity index (χ3n) is 4.39. The molecular formula is C20H24N2O3. The van der Waals surface area contributed by atoms with Gasteiger partial charge in [0.15, 0.2) is 0 Å². The Bertz CT molecular complexity index is 879. The van der Waals surface area contributed by atoms with Crippen molar-refractivity contribution in [1.82, 2.24) is 10.0 Å². The van der Waals surface area contributed by atoms with Gasteiger partial charge in [-0.1, -0.05) is 45.0 Å². The molecule has 0 bridgehead atoms. The molecule has 5 heteroatoms. The predicted molar refractivity (Wildman–Crippen MR) is 97.8 cm³/mol. The third kappa shape index (κ3) is 2.68. The molecule has 0 fully saturated rings. The van der Waals surface area contributed by atoms with E-state index in [0.717, 1.165) is 16.3 Å². The fraction of sp³-hybridized carbons (Fsp3) is 0.400. The van der Waals surface area contributed by atoms with Gasteiger partial charge >= 0.3 is 0 Å². The highest BCUT2D eigenvalue weighted by Crippen LogP contribution is 2.42. The molecule has 3 rings (SSSR count). The van der Waals surface area contributed by atoms with Crippen molar-refractivity contribution in [3.05, 3.63) is 41.0 Å². The molecule has 1 heterocycles. The number of hydrogen-bond acceptors (Lipinski definition) is 4. The molecule has 1 aliphatic rings. The first-order chi connectivity index (χ1) is 11.7. The summed E-state index contributed by atoms with van der Waals surface area (Å²) in [6, 6.07) is 7.61. The molecule has 25 heavy (non-hydrogen) atoms. The van der Waals surface area contributed by atoms with Crippen molar-refractivity contribution in [2.75, 3.05) is 21.2 Å². The molecule has 0 atom stereocenters. The number of fused-ring (bicyclic) bond motifs is 3. The van der Waals surface area contributed by atoms with Crippen LogP contribution in [-0.2, 0) is 6.42 Å². The average molecular weight is 340 g/mol. The van der Waals surface area contributed by atoms with Gasteiger partial charge in [-0.05, 0) is 17.2 Å². The van der Waals surface area contributed by atoms with Gasteiger partial charge in [0, 0.05) is 25.0 Å². The van der Waals surface area contributed by atoms with Crippen LogP contribution in [0.4, 0.5) is 0 Å². The molecule has 1 aliphatic heterocycles. The maximum atomic E-state index is 13.1. The van der Waals surface area contributed by atoms with Crippen molar-refractivity contribution in [2.24, 2.45) is 5.41 Å². The second-order valence-electron chi connectivity index (χ2n) is 7.81. The number of imide groups is 1. The molecule has 0 aliphatic carbocycles. The standard InChI is InChI=1S/C20H24N2O3/c1-20(2,3)11-14-16-15(18(23)22(19(16)24)21(4)5)12-9-7-8-10-13(12)17(14)25-6/h7-10H,11H2,1-6H3. The molecule has 0 radical (unpaired) electrons. The lowest BCUT2D eigenvalue weighted by Crippen LogP contribution is -2.41. The minimum Gasteiger partial charge on any atom is -0.496 e. The van der Waals surface area contributed by atoms with E-state index in [9.17, 15) is 9.59 Å². The Morgan fingerprint density at radius 1 is 1.00 bits per heavy atom. The summed E-state index contributed by atoms with van der Waals surface area (Å²) in [6.45, 7) is 6.33. The van der Waals surface area contributed by atoms with Gasteiger partial charge in [0.05, 0.1) is 18.2 Å². The molecule has 2 aromatic carbocycles. The summed E-state index contributed by atoms with van der Waals surface area (Å²) < 4.78 is 5.71. The first-order valence-electron chi connectivity index (χ1n) is 8.35. The number of carbonyl (C=O) groups excluding carboxylic acids is 2. The van der Waals surface area contributed by atoms with E-state index in [-0.39, 0.29) is 17.2 Å². The highest BCUT2D eigenvalue weighted by Gasteiger charge is 2.42. The highest BCUT2D eigenvalue weighted by atomic mass is 16.5. The fourth-order valence-corrected chi connectivity index (χ4v) is 3.52. The zero-order chi connectivity index (χ0) is 18.5. The van der Waals surface area contributed by atoms with Gasteiger partial charge < -0.3 is 4.74 Å². The first kappa shape index (κ1) is 17.4. The van der Waals surface area contributed by atoms with Crippen LogP contribution < -0.4 is 4.74 Å². The molecule has 132 valence electrons. The van der Waals surface area contributed by atoms with Crippen LogP contribution in [0.25, 0.3) is 10.8 Å². The van der Waals surface area contributed by atoms with E-state index in [1.54, 1.807) is 21.2 Å². The molecule has 2 amide bonds. The Morgan fingerprint density at radius 2 is 1.56 bits per heavy atom. The summed E-state index contributed by atoms with van der Waals surface area (Å²) in [5.74, 6) is 0.123. The van der Waals surface area contributed by atoms with E-state index in [1.807, 2.05) is 24.3 Å². The van der Waals surface area contributed by atoms with Crippen molar-refractivity contribution >= 4 is 22.6 Å². The van der Waals surface area contributed by atoms with Gasteiger partial charge in [0.2, 0.25) is 0 Å². The molecule has 0 aromatic heterocycles. The number of rotatable bonds is 3. The molecule has 0 unspecified atom stereocenters. The number of hydrazine groups is 1. The van der Waals surface area contributed by atoms with Crippen molar-refractivity contribution in [1.29, 1.82) is 0 Å². The Morgan fingerprint density at radius 3 is 2.08 bits per heavy atom. The van der Waals surface area contributed by atoms with Crippen LogP contribution in [0, 0.1) is 5.41 Å². The number of ether oxygens (including phenoxy) is 1. The molecule has 5 nitrogen and oxygen atoms in total. The van der Waals surface area contributed by atoms with E-state index >= 15 is 0 Å². The molecule has 0 saturated carbocycles. The molecular weight excluding hydrogens is 316 g/mol. The monoisotopic (exact) mass is 340 g/mol. The van der Waals surface area contributed by atoms with Gasteiger partial charge in [-0.2, -0.15) is 0 Å². The first-order valence-corrected chi connectivity index (χ1v) is 8.35. The van der Waals surface area contributed by atoms with Crippen molar-refractivity contribution in [3.8, 4) is 5.75 Å². The summed E-state index contributed by atoms with van der Waals surface area (Å²) in [5, 5.41) is 4.36. The summed E-state index contributed by atoms with van der Waals surface area (Å²) in [5.41, 5.74) is 1.71. The van der Waals surface area contributed by atoms with E-state index in [0.29, 0.717) is 23.3 Å². The van der Waals surface area contributed by atoms with Crippen molar-refractivity contribution in [2.45, 2.75) is 27.2 Å². The number of hydrogen-bond donors (Lipinski definition) is 0. The van der Waals surface area contributed by atoms with Gasteiger partial charge in [0.25, 0.3) is 11.8 Å². The number of carbonyl (C=O) groups is 2. The van der Waals surface area contributed by atoms with Crippen LogP contribution in [-0.4, -0.2) is 43.0 Å². The van der Waals surface area contributed by atoms with Crippen LogP contribution in [0.3, 0.4) is 0 Å². The number of nitrogens with zero attached hydrogens (tertiary/aromatic N) is 2. The van der Waals surface area contributed by atoms with Gasteiger partial charge in [-0.15, -0.1) is 0 Å². The molecule has 0 saturated heterocycles. The number of amides is 2. The smallest absolute Gasteiger partial charge is 0.276 e. The summed E-state index contributed by atoms with van der Waals surface area (Å²) in [7, 11) is 5.01. The summed E-state index contributed by atoms with van der Waals surface area (Å²) in [6.07, 6.45) is 0.642. The zero-order valence-electron chi connectivity index (χ0n) is 15.6. The van der Waals surface area contributed by atoms with Crippen LogP contribution in [0.2, 0.25) is 0 Å². The van der Waals surface area contributed by atoms with Gasteiger partial charge in [-0.25, -0.2) is 10.0 Å². The van der Waals surface area contributed by atoms with Crippen molar-refractivity contribution in [3.63, 3.8) is 0 Å². The van der Waals surface area contributed by atoms with Crippen molar-refractivity contribution < 1.29 is 14.3 Å². The zero-order valence-corrected chi connectivity index (χ0v) is 15.6. The fourth-order valence-electron chi connectivity index (χ4n) is 3.52. The molecule has 2 aromatic rings. The predicted octanol–water partition coefficient (Wildman–Crippen LogP) is 3.51. The molecule has 0 N–H and O–H groups in total. The Hall–Kier alpha value is -2.40. The summed E-state index contributed by atoms with van der Waals surface area (Å²) >= 11 is 0.